The van der Waals surface area contributed by atoms with Crippen molar-refractivity contribution in [2.45, 2.75) is 6.18 Å². The van der Waals surface area contributed by atoms with Crippen molar-refractivity contribution in [2.24, 2.45) is 0 Å². The maximum atomic E-state index is 13.0. The van der Waals surface area contributed by atoms with Crippen LogP contribution in [0.25, 0.3) is 11.1 Å². The number of nitrogens with one attached hydrogen (secondary N) is 1. The lowest BCUT2D eigenvalue weighted by molar-refractivity contribution is -0.384. The Bertz CT molecular complexity index is 1010. The monoisotopic (exact) mass is 386 g/mol. The largest absolute Gasteiger partial charge is 0.417 e. The predicted octanol–water partition coefficient (Wildman–Crippen LogP) is 5.53. The van der Waals surface area contributed by atoms with Gasteiger partial charge in [0.15, 0.2) is 0 Å². The first-order chi connectivity index (χ1) is 13.3. The van der Waals surface area contributed by atoms with Gasteiger partial charge in [-0.25, -0.2) is 0 Å². The van der Waals surface area contributed by atoms with Crippen LogP contribution in [0.2, 0.25) is 0 Å². The quantitative estimate of drug-likeness (QED) is 0.473. The van der Waals surface area contributed by atoms with Gasteiger partial charge in [-0.05, 0) is 47.5 Å². The third kappa shape index (κ3) is 4.17. The maximum absolute atomic E-state index is 13.0. The van der Waals surface area contributed by atoms with Crippen molar-refractivity contribution in [1.82, 2.24) is 0 Å². The molecule has 0 aromatic heterocycles. The number of carbonyl (C=O) groups excluding carboxylic acids is 1. The van der Waals surface area contributed by atoms with Crippen LogP contribution >= 0.6 is 0 Å². The van der Waals surface area contributed by atoms with Crippen molar-refractivity contribution in [1.29, 1.82) is 0 Å². The van der Waals surface area contributed by atoms with E-state index in [9.17, 15) is 28.1 Å². The molecule has 8 heteroatoms. The van der Waals surface area contributed by atoms with Crippen LogP contribution in [0.5, 0.6) is 0 Å². The standard InChI is InChI=1S/C20H13F3N2O3/c21-20(22,23)18-4-2-1-3-17(18)19(26)24-15-9-5-13(6-10-15)14-7-11-16(12-8-14)25(27)28/h1-12H,(H,24,26). The number of alkyl halides is 3. The molecule has 142 valence electrons. The minimum Gasteiger partial charge on any atom is -0.322 e. The molecule has 28 heavy (non-hydrogen) atoms. The van der Waals surface area contributed by atoms with Crippen molar-refractivity contribution in [2.75, 3.05) is 5.32 Å². The van der Waals surface area contributed by atoms with Crippen molar-refractivity contribution in [3.05, 3.63) is 94.0 Å². The zero-order valence-corrected chi connectivity index (χ0v) is 14.2. The molecule has 0 saturated carbocycles. The molecule has 0 aliphatic heterocycles. The average molecular weight is 386 g/mol. The summed E-state index contributed by atoms with van der Waals surface area (Å²) >= 11 is 0. The number of nitro groups is 1. The fourth-order valence-electron chi connectivity index (χ4n) is 2.65. The van der Waals surface area contributed by atoms with E-state index in [1.165, 1.54) is 24.3 Å². The molecule has 3 rings (SSSR count). The number of carbonyl (C=O) groups is 1. The molecule has 0 spiro atoms. The van der Waals surface area contributed by atoms with Crippen molar-refractivity contribution < 1.29 is 22.9 Å². The Morgan fingerprint density at radius 2 is 1.39 bits per heavy atom. The van der Waals surface area contributed by atoms with Crippen LogP contribution in [0.3, 0.4) is 0 Å². The highest BCUT2D eigenvalue weighted by molar-refractivity contribution is 6.05. The number of anilines is 1. The molecule has 1 N–H and O–H groups in total. The summed E-state index contributed by atoms with van der Waals surface area (Å²) in [6.45, 7) is 0. The molecule has 0 fully saturated rings. The Morgan fingerprint density at radius 3 is 1.93 bits per heavy atom. The summed E-state index contributed by atoms with van der Waals surface area (Å²) in [6, 6.07) is 16.9. The Morgan fingerprint density at radius 1 is 0.857 bits per heavy atom. The second-order valence-electron chi connectivity index (χ2n) is 5.88. The predicted molar refractivity (Wildman–Crippen MR) is 97.9 cm³/mol. The van der Waals surface area contributed by atoms with Crippen LogP contribution in [0.1, 0.15) is 15.9 Å². The van der Waals surface area contributed by atoms with Gasteiger partial charge in [-0.2, -0.15) is 13.2 Å². The number of nitrogens with zero attached hydrogens (tertiary/aromatic N) is 1. The zero-order valence-electron chi connectivity index (χ0n) is 14.2. The second kappa shape index (κ2) is 7.51. The first kappa shape index (κ1) is 19.1. The third-order valence-electron chi connectivity index (χ3n) is 4.03. The minimum atomic E-state index is -4.63. The van der Waals surface area contributed by atoms with Gasteiger partial charge in [0.25, 0.3) is 11.6 Å². The lowest BCUT2D eigenvalue weighted by Gasteiger charge is -2.13. The van der Waals surface area contributed by atoms with Crippen LogP contribution in [0.4, 0.5) is 24.5 Å². The molecule has 0 aliphatic carbocycles. The van der Waals surface area contributed by atoms with E-state index in [1.54, 1.807) is 36.4 Å². The Hall–Kier alpha value is -3.68. The normalized spacial score (nSPS) is 11.1. The Labute approximate surface area is 157 Å². The molecule has 0 radical (unpaired) electrons. The molecule has 5 nitrogen and oxygen atoms in total. The summed E-state index contributed by atoms with van der Waals surface area (Å²) in [5.74, 6) is -0.865. The van der Waals surface area contributed by atoms with Gasteiger partial charge in [0, 0.05) is 17.8 Å². The summed E-state index contributed by atoms with van der Waals surface area (Å²) in [4.78, 5) is 22.5. The molecule has 3 aromatic carbocycles. The number of benzene rings is 3. The van der Waals surface area contributed by atoms with Crippen LogP contribution in [0.15, 0.2) is 72.8 Å². The Kier molecular flexibility index (Phi) is 5.12. The van der Waals surface area contributed by atoms with Crippen LogP contribution in [-0.2, 0) is 6.18 Å². The molecular formula is C20H13F3N2O3. The fraction of sp³-hybridized carbons (Fsp3) is 0.0500. The lowest BCUT2D eigenvalue weighted by atomic mass is 10.0. The van der Waals surface area contributed by atoms with Gasteiger partial charge in [0.2, 0.25) is 0 Å². The maximum Gasteiger partial charge on any atom is 0.417 e. The minimum absolute atomic E-state index is 0.0315. The average Bonchev–Trinajstić information content (AvgIpc) is 2.68. The van der Waals surface area contributed by atoms with E-state index in [0.717, 1.165) is 23.3 Å². The summed E-state index contributed by atoms with van der Waals surface area (Å²) in [7, 11) is 0. The smallest absolute Gasteiger partial charge is 0.322 e. The zero-order chi connectivity index (χ0) is 20.3. The molecule has 0 bridgehead atoms. The Balaban J connectivity index is 1.78. The van der Waals surface area contributed by atoms with E-state index in [2.05, 4.69) is 5.32 Å². The van der Waals surface area contributed by atoms with E-state index < -0.39 is 28.1 Å². The summed E-state index contributed by atoms with van der Waals surface area (Å²) in [5, 5.41) is 13.1. The molecule has 1 amide bonds. The van der Waals surface area contributed by atoms with Gasteiger partial charge in [0.05, 0.1) is 16.1 Å². The van der Waals surface area contributed by atoms with Gasteiger partial charge in [-0.3, -0.25) is 14.9 Å². The van der Waals surface area contributed by atoms with Gasteiger partial charge in [-0.1, -0.05) is 24.3 Å². The van der Waals surface area contributed by atoms with E-state index in [-0.39, 0.29) is 5.69 Å². The molecule has 3 aromatic rings. The van der Waals surface area contributed by atoms with Crippen molar-refractivity contribution in [3.8, 4) is 11.1 Å². The number of amides is 1. The highest BCUT2D eigenvalue weighted by Crippen LogP contribution is 2.32. The molecule has 0 unspecified atom stereocenters. The summed E-state index contributed by atoms with van der Waals surface area (Å²) < 4.78 is 39.1. The van der Waals surface area contributed by atoms with E-state index in [4.69, 9.17) is 0 Å². The van der Waals surface area contributed by atoms with Crippen molar-refractivity contribution >= 4 is 17.3 Å². The van der Waals surface area contributed by atoms with Gasteiger partial charge in [-0.15, -0.1) is 0 Å². The highest BCUT2D eigenvalue weighted by Gasteiger charge is 2.34. The van der Waals surface area contributed by atoms with Crippen molar-refractivity contribution in [3.63, 3.8) is 0 Å². The molecular weight excluding hydrogens is 373 g/mol. The summed E-state index contributed by atoms with van der Waals surface area (Å²) in [6.07, 6.45) is -4.63. The first-order valence-corrected chi connectivity index (χ1v) is 8.08. The molecule has 0 saturated heterocycles. The van der Waals surface area contributed by atoms with Gasteiger partial charge >= 0.3 is 6.18 Å². The third-order valence-corrected chi connectivity index (χ3v) is 4.03. The van der Waals surface area contributed by atoms with E-state index in [0.29, 0.717) is 5.69 Å². The number of rotatable bonds is 4. The van der Waals surface area contributed by atoms with E-state index >= 15 is 0 Å². The topological polar surface area (TPSA) is 72.2 Å². The number of hydrogen-bond donors (Lipinski definition) is 1. The SMILES string of the molecule is O=C(Nc1ccc(-c2ccc([N+](=O)[O-])cc2)cc1)c1ccccc1C(F)(F)F. The molecule has 0 heterocycles. The lowest BCUT2D eigenvalue weighted by Crippen LogP contribution is -2.18. The van der Waals surface area contributed by atoms with Gasteiger partial charge in [0.1, 0.15) is 0 Å². The van der Waals surface area contributed by atoms with Crippen LogP contribution in [0, 0.1) is 10.1 Å². The van der Waals surface area contributed by atoms with E-state index in [1.807, 2.05) is 0 Å². The highest BCUT2D eigenvalue weighted by atomic mass is 19.4. The first-order valence-electron chi connectivity index (χ1n) is 8.08. The number of non-ortho nitro benzene ring substituents is 1. The summed E-state index contributed by atoms with van der Waals surface area (Å²) in [5.41, 5.74) is 0.294. The molecule has 0 atom stereocenters. The van der Waals surface area contributed by atoms with Gasteiger partial charge < -0.3 is 5.32 Å². The number of halogens is 3. The second-order valence-corrected chi connectivity index (χ2v) is 5.88. The van der Waals surface area contributed by atoms with Crippen LogP contribution in [-0.4, -0.2) is 10.8 Å². The van der Waals surface area contributed by atoms with Crippen LogP contribution < -0.4 is 5.32 Å². The number of hydrogen-bond acceptors (Lipinski definition) is 3. The molecule has 0 aliphatic rings. The fourth-order valence-corrected chi connectivity index (χ4v) is 2.65. The number of nitro benzene ring substituents is 1.